The Morgan fingerprint density at radius 3 is 2.70 bits per heavy atom. The number of imide groups is 1. The Bertz CT molecular complexity index is 1240. The first kappa shape index (κ1) is 19.2. The number of hydrogen-bond donors (Lipinski definition) is 3. The topological polar surface area (TPSA) is 135 Å². The highest BCUT2D eigenvalue weighted by molar-refractivity contribution is 6.07. The van der Waals surface area contributed by atoms with Crippen LogP contribution in [0, 0.1) is 0 Å². The molecular weight excluding hydrogens is 388 g/mol. The van der Waals surface area contributed by atoms with Crippen molar-refractivity contribution in [3.8, 4) is 0 Å². The monoisotopic (exact) mass is 406 g/mol. The first-order valence-corrected chi connectivity index (χ1v) is 9.23. The number of urea groups is 1. The number of anilines is 1. The van der Waals surface area contributed by atoms with Gasteiger partial charge in [0, 0.05) is 12.1 Å². The highest BCUT2D eigenvalue weighted by atomic mass is 16.2. The van der Waals surface area contributed by atoms with Crippen molar-refractivity contribution in [2.24, 2.45) is 0 Å². The third-order valence-corrected chi connectivity index (χ3v) is 4.95. The maximum absolute atomic E-state index is 12.4. The van der Waals surface area contributed by atoms with Gasteiger partial charge in [-0.2, -0.15) is 0 Å². The number of nitrogens with zero attached hydrogens (tertiary/aromatic N) is 3. The van der Waals surface area contributed by atoms with Crippen LogP contribution in [0.1, 0.15) is 18.9 Å². The van der Waals surface area contributed by atoms with Crippen molar-refractivity contribution >= 4 is 34.4 Å². The Balaban J connectivity index is 1.45. The molecule has 2 heterocycles. The summed E-state index contributed by atoms with van der Waals surface area (Å²) >= 11 is 0. The maximum atomic E-state index is 12.4. The van der Waals surface area contributed by atoms with E-state index in [1.54, 1.807) is 55.5 Å². The van der Waals surface area contributed by atoms with Crippen molar-refractivity contribution in [3.05, 3.63) is 64.4 Å². The smallest absolute Gasteiger partial charge is 0.322 e. The molecule has 1 aliphatic heterocycles. The van der Waals surface area contributed by atoms with E-state index in [0.717, 1.165) is 4.68 Å². The Morgan fingerprint density at radius 1 is 1.13 bits per heavy atom. The lowest BCUT2D eigenvalue weighted by atomic mass is 9.92. The van der Waals surface area contributed by atoms with Crippen LogP contribution in [0.3, 0.4) is 0 Å². The van der Waals surface area contributed by atoms with E-state index in [0.29, 0.717) is 22.2 Å². The molecular formula is C20H18N6O4. The average molecular weight is 406 g/mol. The molecule has 1 atom stereocenters. The molecule has 0 radical (unpaired) electrons. The fourth-order valence-electron chi connectivity index (χ4n) is 3.26. The SMILES string of the molecule is C[C@@]1(c2cccc(NC(=O)CCn3nnc4ccccc4c3=O)c2)NC(=O)NC1=O. The van der Waals surface area contributed by atoms with Crippen LogP contribution >= 0.6 is 0 Å². The lowest BCUT2D eigenvalue weighted by molar-refractivity contribution is -0.123. The number of carbonyl (C=O) groups is 3. The lowest BCUT2D eigenvalue weighted by Gasteiger charge is -2.21. The van der Waals surface area contributed by atoms with Gasteiger partial charge >= 0.3 is 6.03 Å². The molecule has 30 heavy (non-hydrogen) atoms. The van der Waals surface area contributed by atoms with Crippen LogP contribution in [-0.2, 0) is 21.7 Å². The summed E-state index contributed by atoms with van der Waals surface area (Å²) in [5.41, 5.74) is -0.0426. The fourth-order valence-corrected chi connectivity index (χ4v) is 3.26. The van der Waals surface area contributed by atoms with Crippen molar-refractivity contribution in [1.82, 2.24) is 25.6 Å². The molecule has 10 heteroatoms. The van der Waals surface area contributed by atoms with Crippen LogP contribution in [0.5, 0.6) is 0 Å². The first-order chi connectivity index (χ1) is 14.4. The van der Waals surface area contributed by atoms with Crippen molar-refractivity contribution < 1.29 is 14.4 Å². The molecule has 1 fully saturated rings. The summed E-state index contributed by atoms with van der Waals surface area (Å²) in [7, 11) is 0. The van der Waals surface area contributed by atoms with Crippen LogP contribution in [0.2, 0.25) is 0 Å². The van der Waals surface area contributed by atoms with Crippen LogP contribution in [0.25, 0.3) is 10.9 Å². The zero-order chi connectivity index (χ0) is 21.3. The number of hydrogen-bond acceptors (Lipinski definition) is 6. The summed E-state index contributed by atoms with van der Waals surface area (Å²) in [4.78, 5) is 48.4. The molecule has 0 spiro atoms. The molecule has 0 bridgehead atoms. The van der Waals surface area contributed by atoms with Gasteiger partial charge in [0.25, 0.3) is 11.5 Å². The molecule has 1 aliphatic rings. The van der Waals surface area contributed by atoms with Gasteiger partial charge in [-0.25, -0.2) is 9.48 Å². The molecule has 1 aromatic heterocycles. The molecule has 152 valence electrons. The van der Waals surface area contributed by atoms with Crippen LogP contribution in [0.4, 0.5) is 10.5 Å². The minimum absolute atomic E-state index is 0.00560. The van der Waals surface area contributed by atoms with Gasteiger partial charge in [-0.1, -0.05) is 29.5 Å². The Labute approximate surface area is 170 Å². The Morgan fingerprint density at radius 2 is 1.93 bits per heavy atom. The molecule has 1 saturated heterocycles. The van der Waals surface area contributed by atoms with Crippen LogP contribution in [-0.4, -0.2) is 32.8 Å². The van der Waals surface area contributed by atoms with Crippen molar-refractivity contribution in [2.75, 3.05) is 5.32 Å². The molecule has 4 amide bonds. The zero-order valence-electron chi connectivity index (χ0n) is 16.0. The minimum Gasteiger partial charge on any atom is -0.326 e. The number of benzene rings is 2. The lowest BCUT2D eigenvalue weighted by Crippen LogP contribution is -2.40. The Kier molecular flexibility index (Phi) is 4.74. The van der Waals surface area contributed by atoms with Gasteiger partial charge in [-0.3, -0.25) is 19.7 Å². The second-order valence-corrected chi connectivity index (χ2v) is 7.05. The van der Waals surface area contributed by atoms with Gasteiger partial charge in [0.2, 0.25) is 5.91 Å². The van der Waals surface area contributed by atoms with Crippen molar-refractivity contribution in [1.29, 1.82) is 0 Å². The first-order valence-electron chi connectivity index (χ1n) is 9.23. The molecule has 0 unspecified atom stereocenters. The van der Waals surface area contributed by atoms with E-state index >= 15 is 0 Å². The average Bonchev–Trinajstić information content (AvgIpc) is 3.00. The second-order valence-electron chi connectivity index (χ2n) is 7.05. The molecule has 4 rings (SSSR count). The number of carbonyl (C=O) groups excluding carboxylic acids is 3. The van der Waals surface area contributed by atoms with Crippen molar-refractivity contribution in [3.63, 3.8) is 0 Å². The number of amides is 4. The molecule has 0 saturated carbocycles. The van der Waals surface area contributed by atoms with E-state index in [1.807, 2.05) is 0 Å². The van der Waals surface area contributed by atoms with Crippen LogP contribution in [0.15, 0.2) is 53.3 Å². The number of aryl methyl sites for hydroxylation is 1. The fraction of sp³-hybridized carbons (Fsp3) is 0.200. The van der Waals surface area contributed by atoms with Crippen LogP contribution < -0.4 is 21.5 Å². The molecule has 0 aliphatic carbocycles. The summed E-state index contributed by atoms with van der Waals surface area (Å²) in [6.07, 6.45) is 0.00560. The van der Waals surface area contributed by atoms with E-state index in [4.69, 9.17) is 0 Å². The summed E-state index contributed by atoms with van der Waals surface area (Å²) in [6.45, 7) is 1.65. The molecule has 10 nitrogen and oxygen atoms in total. The standard InChI is InChI=1S/C20H18N6O4/c1-20(18(29)22-19(30)23-20)12-5-4-6-13(11-12)21-16(27)9-10-26-17(28)14-7-2-3-8-15(14)24-25-26/h2-8,11H,9-10H2,1H3,(H,21,27)(H2,22,23,29,30)/t20-/m0/s1. The molecule has 3 aromatic rings. The van der Waals surface area contributed by atoms with E-state index in [9.17, 15) is 19.2 Å². The zero-order valence-corrected chi connectivity index (χ0v) is 16.0. The summed E-state index contributed by atoms with van der Waals surface area (Å²) in [5.74, 6) is -0.802. The van der Waals surface area contributed by atoms with Gasteiger partial charge in [-0.15, -0.1) is 5.10 Å². The van der Waals surface area contributed by atoms with E-state index in [1.165, 1.54) is 0 Å². The predicted octanol–water partition coefficient (Wildman–Crippen LogP) is 0.875. The minimum atomic E-state index is -1.22. The number of nitrogens with one attached hydrogen (secondary N) is 3. The number of aromatic nitrogens is 3. The van der Waals surface area contributed by atoms with E-state index in [2.05, 4.69) is 26.3 Å². The highest BCUT2D eigenvalue weighted by Crippen LogP contribution is 2.26. The van der Waals surface area contributed by atoms with Gasteiger partial charge < -0.3 is 10.6 Å². The second kappa shape index (κ2) is 7.39. The number of rotatable bonds is 5. The van der Waals surface area contributed by atoms with Gasteiger partial charge in [0.1, 0.15) is 11.1 Å². The molecule has 2 aromatic carbocycles. The summed E-state index contributed by atoms with van der Waals surface area (Å²) < 4.78 is 1.15. The quantitative estimate of drug-likeness (QED) is 0.538. The van der Waals surface area contributed by atoms with Gasteiger partial charge in [-0.05, 0) is 36.8 Å². The Hall–Kier alpha value is -4.08. The third-order valence-electron chi connectivity index (χ3n) is 4.95. The van der Waals surface area contributed by atoms with Crippen molar-refractivity contribution in [2.45, 2.75) is 25.4 Å². The predicted molar refractivity (Wildman–Crippen MR) is 108 cm³/mol. The largest absolute Gasteiger partial charge is 0.326 e. The molecule has 3 N–H and O–H groups in total. The number of fused-ring (bicyclic) bond motifs is 1. The highest BCUT2D eigenvalue weighted by Gasteiger charge is 2.43. The normalized spacial score (nSPS) is 18.2. The van der Waals surface area contributed by atoms with E-state index in [-0.39, 0.29) is 24.4 Å². The van der Waals surface area contributed by atoms with Gasteiger partial charge in [0.15, 0.2) is 0 Å². The maximum Gasteiger partial charge on any atom is 0.322 e. The van der Waals surface area contributed by atoms with E-state index < -0.39 is 17.5 Å². The summed E-state index contributed by atoms with van der Waals surface area (Å²) in [5, 5.41) is 15.8. The summed E-state index contributed by atoms with van der Waals surface area (Å²) in [6, 6.07) is 12.9. The third kappa shape index (κ3) is 3.50. The van der Waals surface area contributed by atoms with Gasteiger partial charge in [0.05, 0.1) is 11.9 Å².